The van der Waals surface area contributed by atoms with Gasteiger partial charge in [0.25, 0.3) is 0 Å². The molecule has 0 fully saturated rings. The molecule has 2 nitrogen and oxygen atoms in total. The van der Waals surface area contributed by atoms with Gasteiger partial charge in [-0.2, -0.15) is 12.6 Å². The highest BCUT2D eigenvalue weighted by molar-refractivity contribution is 7.80. The Balaban J connectivity index is 2.13. The fourth-order valence-corrected chi connectivity index (χ4v) is 2.56. The summed E-state index contributed by atoms with van der Waals surface area (Å²) < 4.78 is 2.21. The van der Waals surface area contributed by atoms with Crippen LogP contribution in [0.5, 0.6) is 0 Å². The van der Waals surface area contributed by atoms with Crippen LogP contribution in [0.2, 0.25) is 0 Å². The monoisotopic (exact) mass is 248 g/mol. The van der Waals surface area contributed by atoms with Gasteiger partial charge in [0.2, 0.25) is 0 Å². The molecule has 0 radical (unpaired) electrons. The zero-order chi connectivity index (χ0) is 12.3. The number of fused-ring (bicyclic) bond motifs is 1. The van der Waals surface area contributed by atoms with E-state index in [1.807, 2.05) is 0 Å². The summed E-state index contributed by atoms with van der Waals surface area (Å²) in [6, 6.07) is 8.60. The zero-order valence-electron chi connectivity index (χ0n) is 10.6. The predicted octanol–water partition coefficient (Wildman–Crippen LogP) is 2.58. The first kappa shape index (κ1) is 12.5. The molecule has 0 bridgehead atoms. The molecule has 3 heteroatoms. The number of nitrogens with zero attached hydrogens (tertiary/aromatic N) is 2. The second-order valence-electron chi connectivity index (χ2n) is 4.56. The number of hydrogen-bond acceptors (Lipinski definition) is 2. The van der Waals surface area contributed by atoms with Crippen molar-refractivity contribution in [3.8, 4) is 0 Å². The Morgan fingerprint density at radius 1 is 1.24 bits per heavy atom. The van der Waals surface area contributed by atoms with Crippen molar-refractivity contribution in [3.05, 3.63) is 36.0 Å². The van der Waals surface area contributed by atoms with Crippen molar-refractivity contribution in [1.29, 1.82) is 0 Å². The van der Waals surface area contributed by atoms with Gasteiger partial charge in [0.15, 0.2) is 0 Å². The van der Waals surface area contributed by atoms with Crippen molar-refractivity contribution in [1.82, 2.24) is 9.47 Å². The van der Waals surface area contributed by atoms with E-state index in [-0.39, 0.29) is 0 Å². The number of aryl methyl sites for hydroxylation is 1. The molecule has 92 valence electrons. The van der Waals surface area contributed by atoms with Crippen molar-refractivity contribution in [2.24, 2.45) is 7.05 Å². The third kappa shape index (κ3) is 2.85. The quantitative estimate of drug-likeness (QED) is 0.800. The van der Waals surface area contributed by atoms with Crippen LogP contribution >= 0.6 is 12.6 Å². The molecule has 17 heavy (non-hydrogen) atoms. The molecule has 0 saturated heterocycles. The van der Waals surface area contributed by atoms with Crippen molar-refractivity contribution in [2.45, 2.75) is 6.42 Å². The second kappa shape index (κ2) is 5.61. The standard InChI is InChI=1S/C14H20N2S/c1-15(9-10-17)8-7-12-11-16(2)14-6-4-3-5-13(12)14/h3-6,11,17H,7-10H2,1-2H3. The van der Waals surface area contributed by atoms with Gasteiger partial charge in [-0.1, -0.05) is 18.2 Å². The van der Waals surface area contributed by atoms with Gasteiger partial charge in [-0.05, 0) is 25.1 Å². The average Bonchev–Trinajstić information content (AvgIpc) is 2.65. The maximum atomic E-state index is 4.26. The van der Waals surface area contributed by atoms with Crippen LogP contribution < -0.4 is 0 Å². The number of likely N-dealkylation sites (N-methyl/N-ethyl adjacent to an activating group) is 1. The van der Waals surface area contributed by atoms with Crippen LogP contribution in [0, 0.1) is 0 Å². The minimum Gasteiger partial charge on any atom is -0.350 e. The Labute approximate surface area is 109 Å². The van der Waals surface area contributed by atoms with E-state index in [1.165, 1.54) is 16.5 Å². The molecule has 0 aliphatic carbocycles. The highest BCUT2D eigenvalue weighted by atomic mass is 32.1. The topological polar surface area (TPSA) is 8.17 Å². The van der Waals surface area contributed by atoms with E-state index in [2.05, 4.69) is 66.7 Å². The summed E-state index contributed by atoms with van der Waals surface area (Å²) in [5.41, 5.74) is 2.76. The summed E-state index contributed by atoms with van der Waals surface area (Å²) in [6.07, 6.45) is 3.35. The maximum absolute atomic E-state index is 4.26. The van der Waals surface area contributed by atoms with Crippen LogP contribution in [0.3, 0.4) is 0 Å². The molecule has 1 heterocycles. The minimum absolute atomic E-state index is 0.923. The van der Waals surface area contributed by atoms with Gasteiger partial charge in [-0.3, -0.25) is 0 Å². The fraction of sp³-hybridized carbons (Fsp3) is 0.429. The van der Waals surface area contributed by atoms with Gasteiger partial charge in [0.05, 0.1) is 0 Å². The van der Waals surface area contributed by atoms with Gasteiger partial charge in [-0.25, -0.2) is 0 Å². The molecule has 0 aliphatic rings. The third-order valence-electron chi connectivity index (χ3n) is 3.22. The molecule has 0 spiro atoms. The van der Waals surface area contributed by atoms with E-state index in [0.29, 0.717) is 0 Å². The first-order valence-corrected chi connectivity index (χ1v) is 6.68. The molecular formula is C14H20N2S. The van der Waals surface area contributed by atoms with Gasteiger partial charge in [-0.15, -0.1) is 0 Å². The summed E-state index contributed by atoms with van der Waals surface area (Å²) in [5.74, 6) is 0.923. The fourth-order valence-electron chi connectivity index (χ4n) is 2.22. The molecular weight excluding hydrogens is 228 g/mol. The number of aromatic nitrogens is 1. The minimum atomic E-state index is 0.923. The predicted molar refractivity (Wildman–Crippen MR) is 78.0 cm³/mol. The lowest BCUT2D eigenvalue weighted by molar-refractivity contribution is 0.361. The molecule has 0 N–H and O–H groups in total. The molecule has 0 unspecified atom stereocenters. The van der Waals surface area contributed by atoms with Crippen LogP contribution in [0.4, 0.5) is 0 Å². The lowest BCUT2D eigenvalue weighted by atomic mass is 10.1. The maximum Gasteiger partial charge on any atom is 0.0480 e. The SMILES string of the molecule is CN(CCS)CCc1cn(C)c2ccccc12. The Morgan fingerprint density at radius 2 is 2.00 bits per heavy atom. The summed E-state index contributed by atoms with van der Waals surface area (Å²) in [5, 5.41) is 1.38. The molecule has 2 rings (SSSR count). The molecule has 0 saturated carbocycles. The van der Waals surface area contributed by atoms with Crippen LogP contribution in [-0.2, 0) is 13.5 Å². The highest BCUT2D eigenvalue weighted by Gasteiger charge is 2.06. The first-order chi connectivity index (χ1) is 8.22. The largest absolute Gasteiger partial charge is 0.350 e. The normalized spacial score (nSPS) is 11.5. The third-order valence-corrected chi connectivity index (χ3v) is 3.42. The highest BCUT2D eigenvalue weighted by Crippen LogP contribution is 2.20. The summed E-state index contributed by atoms with van der Waals surface area (Å²) >= 11 is 4.26. The zero-order valence-corrected chi connectivity index (χ0v) is 11.5. The molecule has 0 atom stereocenters. The van der Waals surface area contributed by atoms with Crippen molar-refractivity contribution >= 4 is 23.5 Å². The van der Waals surface area contributed by atoms with E-state index in [0.717, 1.165) is 25.3 Å². The van der Waals surface area contributed by atoms with Crippen LogP contribution in [0.15, 0.2) is 30.5 Å². The van der Waals surface area contributed by atoms with Crippen molar-refractivity contribution in [2.75, 3.05) is 25.9 Å². The Bertz CT molecular complexity index is 490. The molecule has 2 aromatic rings. The van der Waals surface area contributed by atoms with E-state index in [1.54, 1.807) is 0 Å². The van der Waals surface area contributed by atoms with Gasteiger partial charge >= 0.3 is 0 Å². The van der Waals surface area contributed by atoms with Gasteiger partial charge in [0, 0.05) is 43.0 Å². The molecule has 0 aliphatic heterocycles. The van der Waals surface area contributed by atoms with E-state index < -0.39 is 0 Å². The van der Waals surface area contributed by atoms with Crippen molar-refractivity contribution < 1.29 is 0 Å². The summed E-state index contributed by atoms with van der Waals surface area (Å²) in [6.45, 7) is 2.14. The molecule has 0 amide bonds. The Hall–Kier alpha value is -0.930. The van der Waals surface area contributed by atoms with E-state index in [9.17, 15) is 0 Å². The lowest BCUT2D eigenvalue weighted by Crippen LogP contribution is -2.23. The Kier molecular flexibility index (Phi) is 4.13. The van der Waals surface area contributed by atoms with Gasteiger partial charge < -0.3 is 9.47 Å². The first-order valence-electron chi connectivity index (χ1n) is 6.04. The molecule has 1 aromatic carbocycles. The second-order valence-corrected chi connectivity index (χ2v) is 5.01. The van der Waals surface area contributed by atoms with Crippen LogP contribution in [0.1, 0.15) is 5.56 Å². The van der Waals surface area contributed by atoms with E-state index >= 15 is 0 Å². The smallest absolute Gasteiger partial charge is 0.0480 e. The van der Waals surface area contributed by atoms with Crippen LogP contribution in [-0.4, -0.2) is 35.4 Å². The summed E-state index contributed by atoms with van der Waals surface area (Å²) in [7, 11) is 4.27. The number of rotatable bonds is 5. The number of hydrogen-bond donors (Lipinski definition) is 1. The lowest BCUT2D eigenvalue weighted by Gasteiger charge is -2.14. The number of thiol groups is 1. The number of benzene rings is 1. The van der Waals surface area contributed by atoms with E-state index in [4.69, 9.17) is 0 Å². The Morgan fingerprint density at radius 3 is 2.76 bits per heavy atom. The average molecular weight is 248 g/mol. The van der Waals surface area contributed by atoms with Gasteiger partial charge in [0.1, 0.15) is 0 Å². The van der Waals surface area contributed by atoms with Crippen molar-refractivity contribution in [3.63, 3.8) is 0 Å². The molecule has 1 aromatic heterocycles. The summed E-state index contributed by atoms with van der Waals surface area (Å²) in [4.78, 5) is 2.33. The number of para-hydroxylation sites is 1. The van der Waals surface area contributed by atoms with Crippen LogP contribution in [0.25, 0.3) is 10.9 Å².